The van der Waals surface area contributed by atoms with E-state index < -0.39 is 22.6 Å². The van der Waals surface area contributed by atoms with Gasteiger partial charge in [0.1, 0.15) is 5.02 Å². The minimum atomic E-state index is -0.708. The summed E-state index contributed by atoms with van der Waals surface area (Å²) in [7, 11) is 0. The second-order valence-corrected chi connectivity index (χ2v) is 4.73. The highest BCUT2D eigenvalue weighted by molar-refractivity contribution is 6.43. The monoisotopic (exact) mass is 306 g/mol. The summed E-state index contributed by atoms with van der Waals surface area (Å²) in [5, 5.41) is 22.1. The van der Waals surface area contributed by atoms with Crippen molar-refractivity contribution in [2.24, 2.45) is 0 Å². The molecule has 1 rings (SSSR count). The number of halogens is 2. The van der Waals surface area contributed by atoms with Gasteiger partial charge in [0.25, 0.3) is 11.6 Å². The fraction of sp³-hybridized carbons (Fsp3) is 0.364. The number of rotatable bonds is 5. The summed E-state index contributed by atoms with van der Waals surface area (Å²) >= 11 is 11.4. The van der Waals surface area contributed by atoms with Crippen LogP contribution in [-0.4, -0.2) is 28.6 Å². The second kappa shape index (κ2) is 6.70. The number of aliphatic hydroxyl groups excluding tert-OH is 1. The molecular formula is C11H12Cl2N2O4. The Hall–Kier alpha value is -1.37. The zero-order valence-electron chi connectivity index (χ0n) is 10.0. The topological polar surface area (TPSA) is 92.5 Å². The predicted octanol–water partition coefficient (Wildman–Crippen LogP) is 2.40. The van der Waals surface area contributed by atoms with Gasteiger partial charge in [-0.25, -0.2) is 0 Å². The average Bonchev–Trinajstić information content (AvgIpc) is 2.31. The Morgan fingerprint density at radius 3 is 2.68 bits per heavy atom. The molecule has 1 amide bonds. The number of hydrogen-bond acceptors (Lipinski definition) is 4. The molecular weight excluding hydrogens is 295 g/mol. The number of carbonyl (C=O) groups is 1. The predicted molar refractivity (Wildman–Crippen MR) is 71.7 cm³/mol. The van der Waals surface area contributed by atoms with E-state index in [0.717, 1.165) is 6.07 Å². The fourth-order valence-corrected chi connectivity index (χ4v) is 1.73. The van der Waals surface area contributed by atoms with Crippen LogP contribution in [0, 0.1) is 10.1 Å². The lowest BCUT2D eigenvalue weighted by Gasteiger charge is -2.07. The van der Waals surface area contributed by atoms with Crippen molar-refractivity contribution in [3.8, 4) is 0 Å². The van der Waals surface area contributed by atoms with Gasteiger partial charge in [0.15, 0.2) is 0 Å². The van der Waals surface area contributed by atoms with Crippen molar-refractivity contribution in [3.05, 3.63) is 37.9 Å². The summed E-state index contributed by atoms with van der Waals surface area (Å²) in [6.07, 6.45) is -0.154. The lowest BCUT2D eigenvalue weighted by atomic mass is 10.2. The highest BCUT2D eigenvalue weighted by Crippen LogP contribution is 2.32. The van der Waals surface area contributed by atoms with E-state index in [0.29, 0.717) is 6.42 Å². The van der Waals surface area contributed by atoms with Crippen molar-refractivity contribution >= 4 is 34.8 Å². The van der Waals surface area contributed by atoms with Crippen LogP contribution in [0.4, 0.5) is 5.69 Å². The van der Waals surface area contributed by atoms with Gasteiger partial charge in [0.2, 0.25) is 0 Å². The molecule has 0 aliphatic rings. The lowest BCUT2D eigenvalue weighted by Crippen LogP contribution is -2.26. The number of benzene rings is 1. The second-order valence-electron chi connectivity index (χ2n) is 3.94. The molecule has 1 unspecified atom stereocenters. The van der Waals surface area contributed by atoms with E-state index in [-0.39, 0.29) is 22.2 Å². The largest absolute Gasteiger partial charge is 0.393 e. The Labute approximate surface area is 119 Å². The van der Waals surface area contributed by atoms with Crippen molar-refractivity contribution < 1.29 is 14.8 Å². The standard InChI is InChI=1S/C11H12Cl2N2O4/c1-6(16)2-3-14-11(17)7-4-8(12)10(13)9(5-7)15(18)19/h4-6,16H,2-3H2,1H3,(H,14,17). The number of nitro groups is 1. The van der Waals surface area contributed by atoms with Crippen LogP contribution >= 0.6 is 23.2 Å². The molecule has 0 spiro atoms. The van der Waals surface area contributed by atoms with Gasteiger partial charge in [0.05, 0.1) is 16.0 Å². The van der Waals surface area contributed by atoms with E-state index in [1.165, 1.54) is 6.07 Å². The quantitative estimate of drug-likeness (QED) is 0.645. The zero-order valence-corrected chi connectivity index (χ0v) is 11.5. The number of carbonyl (C=O) groups excluding carboxylic acids is 1. The van der Waals surface area contributed by atoms with Crippen LogP contribution in [0.2, 0.25) is 10.0 Å². The molecule has 0 aliphatic carbocycles. The molecule has 8 heteroatoms. The van der Waals surface area contributed by atoms with Crippen LogP contribution < -0.4 is 5.32 Å². The van der Waals surface area contributed by atoms with Crippen LogP contribution in [0.1, 0.15) is 23.7 Å². The molecule has 0 saturated carbocycles. The van der Waals surface area contributed by atoms with E-state index in [2.05, 4.69) is 5.32 Å². The molecule has 2 N–H and O–H groups in total. The van der Waals surface area contributed by atoms with Gasteiger partial charge < -0.3 is 10.4 Å². The Morgan fingerprint density at radius 2 is 2.16 bits per heavy atom. The van der Waals surface area contributed by atoms with Crippen LogP contribution in [0.15, 0.2) is 12.1 Å². The zero-order chi connectivity index (χ0) is 14.6. The molecule has 1 aromatic rings. The number of nitro benzene ring substituents is 1. The van der Waals surface area contributed by atoms with Gasteiger partial charge in [-0.15, -0.1) is 0 Å². The van der Waals surface area contributed by atoms with Crippen molar-refractivity contribution in [3.63, 3.8) is 0 Å². The molecule has 6 nitrogen and oxygen atoms in total. The molecule has 0 bridgehead atoms. The molecule has 19 heavy (non-hydrogen) atoms. The first-order chi connectivity index (χ1) is 8.82. The third-order valence-electron chi connectivity index (χ3n) is 2.32. The minimum absolute atomic E-state index is 0.0479. The van der Waals surface area contributed by atoms with Crippen LogP contribution in [0.3, 0.4) is 0 Å². The van der Waals surface area contributed by atoms with E-state index >= 15 is 0 Å². The van der Waals surface area contributed by atoms with Crippen LogP contribution in [0.5, 0.6) is 0 Å². The first kappa shape index (κ1) is 15.7. The smallest absolute Gasteiger partial charge is 0.290 e. The maximum absolute atomic E-state index is 11.7. The summed E-state index contributed by atoms with van der Waals surface area (Å²) in [5.41, 5.74) is -0.374. The SMILES string of the molecule is CC(O)CCNC(=O)c1cc(Cl)c(Cl)c([N+](=O)[O-])c1. The Morgan fingerprint density at radius 1 is 1.53 bits per heavy atom. The molecule has 0 radical (unpaired) electrons. The maximum atomic E-state index is 11.7. The molecule has 0 aliphatic heterocycles. The van der Waals surface area contributed by atoms with Gasteiger partial charge >= 0.3 is 0 Å². The van der Waals surface area contributed by atoms with Crippen molar-refractivity contribution in [2.75, 3.05) is 6.54 Å². The van der Waals surface area contributed by atoms with Crippen molar-refractivity contribution in [1.82, 2.24) is 5.32 Å². The number of amides is 1. The lowest BCUT2D eigenvalue weighted by molar-refractivity contribution is -0.384. The Balaban J connectivity index is 2.89. The Kier molecular flexibility index (Phi) is 5.53. The summed E-state index contributed by atoms with van der Waals surface area (Å²) in [6.45, 7) is 1.85. The van der Waals surface area contributed by atoms with Gasteiger partial charge in [-0.3, -0.25) is 14.9 Å². The molecule has 0 aromatic heterocycles. The fourth-order valence-electron chi connectivity index (χ4n) is 1.34. The molecule has 104 valence electrons. The highest BCUT2D eigenvalue weighted by Gasteiger charge is 2.19. The number of hydrogen-bond donors (Lipinski definition) is 2. The number of nitrogens with one attached hydrogen (secondary N) is 1. The van der Waals surface area contributed by atoms with Gasteiger partial charge in [-0.2, -0.15) is 0 Å². The molecule has 0 saturated heterocycles. The van der Waals surface area contributed by atoms with Crippen molar-refractivity contribution in [2.45, 2.75) is 19.4 Å². The van der Waals surface area contributed by atoms with E-state index in [4.69, 9.17) is 28.3 Å². The molecule has 1 atom stereocenters. The normalized spacial score (nSPS) is 12.0. The van der Waals surface area contributed by atoms with Gasteiger partial charge in [-0.05, 0) is 19.4 Å². The summed E-state index contributed by atoms with van der Waals surface area (Å²) in [6, 6.07) is 2.32. The van der Waals surface area contributed by atoms with Crippen LogP contribution in [0.25, 0.3) is 0 Å². The van der Waals surface area contributed by atoms with E-state index in [1.807, 2.05) is 0 Å². The third kappa shape index (κ3) is 4.34. The van der Waals surface area contributed by atoms with Gasteiger partial charge in [-0.1, -0.05) is 23.2 Å². The first-order valence-corrected chi connectivity index (χ1v) is 6.18. The molecule has 1 aromatic carbocycles. The summed E-state index contributed by atoms with van der Waals surface area (Å²) < 4.78 is 0. The molecule has 0 fully saturated rings. The summed E-state index contributed by atoms with van der Waals surface area (Å²) in [4.78, 5) is 21.8. The van der Waals surface area contributed by atoms with Gasteiger partial charge in [0, 0.05) is 18.2 Å². The van der Waals surface area contributed by atoms with E-state index in [9.17, 15) is 14.9 Å². The maximum Gasteiger partial charge on any atom is 0.290 e. The third-order valence-corrected chi connectivity index (χ3v) is 3.11. The van der Waals surface area contributed by atoms with Crippen LogP contribution in [-0.2, 0) is 0 Å². The van der Waals surface area contributed by atoms with Crippen molar-refractivity contribution in [1.29, 1.82) is 0 Å². The highest BCUT2D eigenvalue weighted by atomic mass is 35.5. The summed E-state index contributed by atoms with van der Waals surface area (Å²) in [5.74, 6) is -0.512. The number of nitrogens with zero attached hydrogens (tertiary/aromatic N) is 1. The van der Waals surface area contributed by atoms with E-state index in [1.54, 1.807) is 6.92 Å². The average molecular weight is 307 g/mol. The first-order valence-electron chi connectivity index (χ1n) is 5.42. The minimum Gasteiger partial charge on any atom is -0.393 e. The number of aliphatic hydroxyl groups is 1. The Bertz CT molecular complexity index is 506. The molecule has 0 heterocycles.